The molecule has 0 radical (unpaired) electrons. The van der Waals surface area contributed by atoms with Crippen LogP contribution in [-0.4, -0.2) is 49.2 Å². The summed E-state index contributed by atoms with van der Waals surface area (Å²) >= 11 is 0. The van der Waals surface area contributed by atoms with Gasteiger partial charge in [0.2, 0.25) is 0 Å². The topological polar surface area (TPSA) is 41.6 Å². The minimum Gasteiger partial charge on any atom is -0.465 e. The molecule has 4 nitrogen and oxygen atoms in total. The number of carbonyl (C=O) groups excluding carboxylic acids is 1. The molecule has 0 amide bonds. The fourth-order valence-corrected chi connectivity index (χ4v) is 3.59. The molecule has 0 bridgehead atoms. The van der Waals surface area contributed by atoms with Crippen LogP contribution in [-0.2, 0) is 9.53 Å². The van der Waals surface area contributed by atoms with E-state index in [-0.39, 0.29) is 5.97 Å². The Morgan fingerprint density at radius 2 is 2.15 bits per heavy atom. The lowest BCUT2D eigenvalue weighted by molar-refractivity contribution is -0.151. The van der Waals surface area contributed by atoms with Crippen LogP contribution in [0.1, 0.15) is 46.5 Å². The molecule has 2 fully saturated rings. The van der Waals surface area contributed by atoms with Gasteiger partial charge in [0.25, 0.3) is 0 Å². The van der Waals surface area contributed by atoms with Crippen molar-refractivity contribution >= 4 is 5.97 Å². The van der Waals surface area contributed by atoms with Gasteiger partial charge in [0.05, 0.1) is 6.61 Å². The maximum absolute atomic E-state index is 12.3. The molecule has 4 unspecified atom stereocenters. The molecule has 2 rings (SSSR count). The summed E-state index contributed by atoms with van der Waals surface area (Å²) in [6.07, 6.45) is 4.24. The summed E-state index contributed by atoms with van der Waals surface area (Å²) in [7, 11) is 2.21. The normalized spacial score (nSPS) is 36.4. The minimum absolute atomic E-state index is 0.0578. The van der Waals surface area contributed by atoms with E-state index in [0.717, 1.165) is 37.6 Å². The Kier molecular flexibility index (Phi) is 5.08. The molecule has 0 aromatic carbocycles. The summed E-state index contributed by atoms with van der Waals surface area (Å²) in [5.41, 5.74) is -0.446. The first kappa shape index (κ1) is 15.8. The van der Waals surface area contributed by atoms with Crippen molar-refractivity contribution in [3.63, 3.8) is 0 Å². The number of likely N-dealkylation sites (N-methyl/N-ethyl adjacent to an activating group) is 1. The van der Waals surface area contributed by atoms with E-state index in [1.165, 1.54) is 13.0 Å². The van der Waals surface area contributed by atoms with Crippen LogP contribution >= 0.6 is 0 Å². The number of carbonyl (C=O) groups is 1. The first-order chi connectivity index (χ1) is 9.52. The quantitative estimate of drug-likeness (QED) is 0.726. The van der Waals surface area contributed by atoms with E-state index in [1.54, 1.807) is 0 Å². The van der Waals surface area contributed by atoms with Gasteiger partial charge in [-0.2, -0.15) is 0 Å². The van der Waals surface area contributed by atoms with Crippen molar-refractivity contribution in [2.75, 3.05) is 26.7 Å². The fourth-order valence-electron chi connectivity index (χ4n) is 3.59. The van der Waals surface area contributed by atoms with Crippen LogP contribution in [0.2, 0.25) is 0 Å². The zero-order chi connectivity index (χ0) is 14.8. The molecule has 0 aromatic heterocycles. The zero-order valence-corrected chi connectivity index (χ0v) is 13.4. The van der Waals surface area contributed by atoms with Crippen molar-refractivity contribution in [3.8, 4) is 0 Å². The summed E-state index contributed by atoms with van der Waals surface area (Å²) in [5.74, 6) is 1.71. The molecule has 0 spiro atoms. The Balaban J connectivity index is 1.93. The molecule has 2 saturated carbocycles. The maximum Gasteiger partial charge on any atom is 0.326 e. The van der Waals surface area contributed by atoms with Gasteiger partial charge in [-0.05, 0) is 58.0 Å². The van der Waals surface area contributed by atoms with E-state index < -0.39 is 5.54 Å². The lowest BCUT2D eigenvalue weighted by Crippen LogP contribution is -2.52. The second-order valence-electron chi connectivity index (χ2n) is 6.64. The third kappa shape index (κ3) is 3.34. The van der Waals surface area contributed by atoms with Crippen LogP contribution in [0.5, 0.6) is 0 Å². The van der Waals surface area contributed by atoms with Crippen LogP contribution in [0.25, 0.3) is 0 Å². The second-order valence-corrected chi connectivity index (χ2v) is 6.64. The number of nitrogens with one attached hydrogen (secondary N) is 1. The number of hydrogen-bond acceptors (Lipinski definition) is 4. The average molecular weight is 282 g/mol. The van der Waals surface area contributed by atoms with Gasteiger partial charge in [0.1, 0.15) is 5.54 Å². The van der Waals surface area contributed by atoms with Gasteiger partial charge in [-0.25, -0.2) is 0 Å². The molecule has 2 aliphatic carbocycles. The molecule has 2 aliphatic rings. The summed E-state index contributed by atoms with van der Waals surface area (Å²) < 4.78 is 5.30. The van der Waals surface area contributed by atoms with Gasteiger partial charge in [-0.1, -0.05) is 13.8 Å². The maximum atomic E-state index is 12.3. The lowest BCUT2D eigenvalue weighted by atomic mass is 9.97. The molecule has 4 atom stereocenters. The standard InChI is InChI=1S/C16H30N2O2/c1-5-17-16(15(19)20-6-2)8-7-14(10-16)18(4)11-13-9-12(13)3/h12-14,17H,5-11H2,1-4H3. The third-order valence-corrected chi connectivity index (χ3v) is 5.09. The Hall–Kier alpha value is -0.610. The molecule has 1 N–H and O–H groups in total. The largest absolute Gasteiger partial charge is 0.465 e. The Bertz CT molecular complexity index is 347. The van der Waals surface area contributed by atoms with Crippen molar-refractivity contribution in [2.45, 2.75) is 58.0 Å². The van der Waals surface area contributed by atoms with Crippen molar-refractivity contribution < 1.29 is 9.53 Å². The van der Waals surface area contributed by atoms with Gasteiger partial charge < -0.3 is 15.0 Å². The SMILES string of the molecule is CCNC1(C(=O)OCC)CCC(N(C)CC2CC2C)C1. The first-order valence-corrected chi connectivity index (χ1v) is 8.15. The van der Waals surface area contributed by atoms with Crippen LogP contribution in [0, 0.1) is 11.8 Å². The van der Waals surface area contributed by atoms with E-state index >= 15 is 0 Å². The highest BCUT2D eigenvalue weighted by molar-refractivity contribution is 5.81. The van der Waals surface area contributed by atoms with Crippen molar-refractivity contribution in [3.05, 3.63) is 0 Å². The van der Waals surface area contributed by atoms with Crippen molar-refractivity contribution in [1.29, 1.82) is 0 Å². The lowest BCUT2D eigenvalue weighted by Gasteiger charge is -2.30. The molecule has 116 valence electrons. The zero-order valence-electron chi connectivity index (χ0n) is 13.4. The van der Waals surface area contributed by atoms with E-state index in [0.29, 0.717) is 12.6 Å². The minimum atomic E-state index is -0.446. The van der Waals surface area contributed by atoms with E-state index in [9.17, 15) is 4.79 Å². The molecular weight excluding hydrogens is 252 g/mol. The number of nitrogens with zero attached hydrogens (tertiary/aromatic N) is 1. The van der Waals surface area contributed by atoms with Crippen LogP contribution in [0.15, 0.2) is 0 Å². The number of ether oxygens (including phenoxy) is 1. The van der Waals surface area contributed by atoms with Gasteiger partial charge in [0, 0.05) is 12.6 Å². The predicted molar refractivity (Wildman–Crippen MR) is 80.6 cm³/mol. The molecule has 0 heterocycles. The second kappa shape index (κ2) is 6.44. The predicted octanol–water partition coefficient (Wildman–Crippen LogP) is 2.04. The molecule has 20 heavy (non-hydrogen) atoms. The van der Waals surface area contributed by atoms with Gasteiger partial charge >= 0.3 is 5.97 Å². The van der Waals surface area contributed by atoms with E-state index in [2.05, 4.69) is 31.1 Å². The molecule has 0 aliphatic heterocycles. The summed E-state index contributed by atoms with van der Waals surface area (Å²) in [6, 6.07) is 0.506. The Morgan fingerprint density at radius 3 is 2.70 bits per heavy atom. The molecule has 4 heteroatoms. The van der Waals surface area contributed by atoms with Crippen LogP contribution in [0.4, 0.5) is 0 Å². The smallest absolute Gasteiger partial charge is 0.326 e. The van der Waals surface area contributed by atoms with Crippen molar-refractivity contribution in [2.24, 2.45) is 11.8 Å². The van der Waals surface area contributed by atoms with Gasteiger partial charge in [0.15, 0.2) is 0 Å². The summed E-state index contributed by atoms with van der Waals surface area (Å²) in [5, 5.41) is 3.40. The van der Waals surface area contributed by atoms with Gasteiger partial charge in [-0.3, -0.25) is 4.79 Å². The monoisotopic (exact) mass is 282 g/mol. The molecular formula is C16H30N2O2. The van der Waals surface area contributed by atoms with Crippen LogP contribution < -0.4 is 5.32 Å². The van der Waals surface area contributed by atoms with E-state index in [1.807, 2.05) is 6.92 Å². The fraction of sp³-hybridized carbons (Fsp3) is 0.938. The molecule has 0 aromatic rings. The third-order valence-electron chi connectivity index (χ3n) is 5.09. The molecule has 0 saturated heterocycles. The first-order valence-electron chi connectivity index (χ1n) is 8.15. The summed E-state index contributed by atoms with van der Waals surface area (Å²) in [4.78, 5) is 14.8. The summed E-state index contributed by atoms with van der Waals surface area (Å²) in [6.45, 7) is 8.72. The highest BCUT2D eigenvalue weighted by Gasteiger charge is 2.47. The highest BCUT2D eigenvalue weighted by atomic mass is 16.5. The number of rotatable bonds is 7. The number of esters is 1. The van der Waals surface area contributed by atoms with Crippen LogP contribution in [0.3, 0.4) is 0 Å². The average Bonchev–Trinajstić information content (AvgIpc) is 2.92. The Morgan fingerprint density at radius 1 is 1.45 bits per heavy atom. The van der Waals surface area contributed by atoms with Crippen molar-refractivity contribution in [1.82, 2.24) is 10.2 Å². The van der Waals surface area contributed by atoms with E-state index in [4.69, 9.17) is 4.74 Å². The highest BCUT2D eigenvalue weighted by Crippen LogP contribution is 2.40. The Labute approximate surface area is 123 Å². The van der Waals surface area contributed by atoms with Gasteiger partial charge in [-0.15, -0.1) is 0 Å². The number of hydrogen-bond donors (Lipinski definition) is 1.